The largest absolute Gasteiger partial charge is 0.395 e. The van der Waals surface area contributed by atoms with Gasteiger partial charge in [0.2, 0.25) is 5.56 Å². The fourth-order valence-electron chi connectivity index (χ4n) is 2.65. The summed E-state index contributed by atoms with van der Waals surface area (Å²) >= 11 is 0. The molecule has 26 heavy (non-hydrogen) atoms. The molecule has 1 aliphatic carbocycles. The quantitative estimate of drug-likeness (QED) is 0.665. The number of aliphatic hydroxyl groups is 1. The van der Waals surface area contributed by atoms with Crippen LogP contribution >= 0.6 is 0 Å². The molecule has 1 saturated carbocycles. The highest BCUT2D eigenvalue weighted by Gasteiger charge is 2.25. The van der Waals surface area contributed by atoms with Crippen molar-refractivity contribution in [2.45, 2.75) is 30.2 Å². The summed E-state index contributed by atoms with van der Waals surface area (Å²) in [6, 6.07) is 9.09. The van der Waals surface area contributed by atoms with E-state index < -0.39 is 16.4 Å². The Balaban J connectivity index is 1.65. The van der Waals surface area contributed by atoms with Crippen molar-refractivity contribution in [2.24, 2.45) is 0 Å². The summed E-state index contributed by atoms with van der Waals surface area (Å²) in [5, 5.41) is 11.5. The van der Waals surface area contributed by atoms with E-state index in [2.05, 4.69) is 10.3 Å². The number of aromatic amines is 1. The summed E-state index contributed by atoms with van der Waals surface area (Å²) in [5.74, 6) is -0.339. The van der Waals surface area contributed by atoms with Gasteiger partial charge >= 0.3 is 0 Å². The molecule has 1 amide bonds. The van der Waals surface area contributed by atoms with Gasteiger partial charge in [-0.25, -0.2) is 8.42 Å². The van der Waals surface area contributed by atoms with Crippen molar-refractivity contribution in [1.82, 2.24) is 10.3 Å². The summed E-state index contributed by atoms with van der Waals surface area (Å²) in [5.41, 5.74) is 1.55. The minimum Gasteiger partial charge on any atom is -0.395 e. The molecule has 0 radical (unpaired) electrons. The fraction of sp³-hybridized carbons (Fsp3) is 0.333. The minimum absolute atomic E-state index is 0.130. The van der Waals surface area contributed by atoms with Gasteiger partial charge in [-0.3, -0.25) is 9.59 Å². The van der Waals surface area contributed by atoms with Crippen molar-refractivity contribution in [3.8, 4) is 0 Å². The van der Waals surface area contributed by atoms with E-state index in [-0.39, 0.29) is 28.7 Å². The molecule has 3 rings (SSSR count). The lowest BCUT2D eigenvalue weighted by molar-refractivity contribution is 0.0950. The number of rotatable bonds is 7. The predicted octanol–water partition coefficient (Wildman–Crippen LogP) is 0.948. The average molecular weight is 376 g/mol. The van der Waals surface area contributed by atoms with Crippen molar-refractivity contribution < 1.29 is 18.3 Å². The maximum atomic E-state index is 12.3. The molecule has 7 nitrogen and oxygen atoms in total. The molecule has 0 bridgehead atoms. The second-order valence-electron chi connectivity index (χ2n) is 6.33. The number of H-pyrrole nitrogens is 1. The molecule has 0 unspecified atom stereocenters. The lowest BCUT2D eigenvalue weighted by Gasteiger charge is -2.08. The second kappa shape index (κ2) is 7.43. The molecule has 1 aliphatic rings. The zero-order valence-corrected chi connectivity index (χ0v) is 14.9. The Bertz CT molecular complexity index is 960. The van der Waals surface area contributed by atoms with E-state index in [1.165, 1.54) is 18.2 Å². The van der Waals surface area contributed by atoms with Gasteiger partial charge in [-0.1, -0.05) is 12.1 Å². The molecule has 8 heteroatoms. The van der Waals surface area contributed by atoms with Gasteiger partial charge < -0.3 is 15.4 Å². The van der Waals surface area contributed by atoms with Crippen molar-refractivity contribution in [3.63, 3.8) is 0 Å². The predicted molar refractivity (Wildman–Crippen MR) is 95.8 cm³/mol. The van der Waals surface area contributed by atoms with E-state index in [0.717, 1.165) is 24.1 Å². The standard InChI is InChI=1S/C18H20N2O5S/c21-7-8-26(24,25)15-5-1-12(2-6-15)11-19-18(23)14-9-16(13-3-4-13)20-17(22)10-14/h1-2,5-6,9-10,13,21H,3-4,7-8,11H2,(H,19,23)(H,20,22). The summed E-state index contributed by atoms with van der Waals surface area (Å²) in [6.07, 6.45) is 2.04. The van der Waals surface area contributed by atoms with Crippen LogP contribution in [-0.2, 0) is 16.4 Å². The highest BCUT2D eigenvalue weighted by molar-refractivity contribution is 7.91. The lowest BCUT2D eigenvalue weighted by atomic mass is 10.1. The Morgan fingerprint density at radius 3 is 2.50 bits per heavy atom. The maximum absolute atomic E-state index is 12.3. The van der Waals surface area contributed by atoms with E-state index in [1.54, 1.807) is 18.2 Å². The zero-order chi connectivity index (χ0) is 18.7. The van der Waals surface area contributed by atoms with Crippen LogP contribution in [0.25, 0.3) is 0 Å². The van der Waals surface area contributed by atoms with Gasteiger partial charge in [0.1, 0.15) is 0 Å². The number of hydrogen-bond donors (Lipinski definition) is 3. The first-order chi connectivity index (χ1) is 12.4. The van der Waals surface area contributed by atoms with Gasteiger partial charge in [-0.15, -0.1) is 0 Å². The van der Waals surface area contributed by atoms with E-state index in [1.807, 2.05) is 0 Å². The van der Waals surface area contributed by atoms with Crippen LogP contribution in [0.15, 0.2) is 46.1 Å². The number of pyridine rings is 1. The van der Waals surface area contributed by atoms with Crippen LogP contribution in [0, 0.1) is 0 Å². The molecule has 1 fully saturated rings. The van der Waals surface area contributed by atoms with Crippen LogP contribution in [0.5, 0.6) is 0 Å². The van der Waals surface area contributed by atoms with E-state index in [0.29, 0.717) is 11.5 Å². The second-order valence-corrected chi connectivity index (χ2v) is 8.44. The Morgan fingerprint density at radius 2 is 1.88 bits per heavy atom. The highest BCUT2D eigenvalue weighted by atomic mass is 32.2. The number of nitrogens with one attached hydrogen (secondary N) is 2. The number of benzene rings is 1. The molecule has 0 spiro atoms. The molecule has 1 aromatic heterocycles. The number of carbonyl (C=O) groups excluding carboxylic acids is 1. The van der Waals surface area contributed by atoms with Gasteiger partial charge in [0.15, 0.2) is 9.84 Å². The average Bonchev–Trinajstić information content (AvgIpc) is 3.44. The molecular formula is C18H20N2O5S. The number of aliphatic hydroxyl groups excluding tert-OH is 1. The molecule has 0 aliphatic heterocycles. The maximum Gasteiger partial charge on any atom is 0.251 e. The highest BCUT2D eigenvalue weighted by Crippen LogP contribution is 2.38. The number of carbonyl (C=O) groups is 1. The number of hydrogen-bond acceptors (Lipinski definition) is 5. The van der Waals surface area contributed by atoms with Gasteiger partial charge in [0.05, 0.1) is 17.3 Å². The third-order valence-corrected chi connectivity index (χ3v) is 5.95. The van der Waals surface area contributed by atoms with Crippen molar-refractivity contribution >= 4 is 15.7 Å². The molecule has 1 aromatic carbocycles. The SMILES string of the molecule is O=C(NCc1ccc(S(=O)(=O)CCO)cc1)c1cc(C2CC2)[nH]c(=O)c1. The monoisotopic (exact) mass is 376 g/mol. The van der Waals surface area contributed by atoms with Crippen molar-refractivity contribution in [3.05, 3.63) is 63.6 Å². The number of aromatic nitrogens is 1. The summed E-state index contributed by atoms with van der Waals surface area (Å²) in [6.45, 7) is -0.218. The van der Waals surface area contributed by atoms with Crippen molar-refractivity contribution in [1.29, 1.82) is 0 Å². The van der Waals surface area contributed by atoms with Gasteiger partial charge in [-0.05, 0) is 42.5 Å². The topological polar surface area (TPSA) is 116 Å². The molecule has 138 valence electrons. The van der Waals surface area contributed by atoms with Gasteiger partial charge in [0, 0.05) is 23.9 Å². The first-order valence-electron chi connectivity index (χ1n) is 8.34. The molecule has 0 saturated heterocycles. The Kier molecular flexibility index (Phi) is 5.24. The Hall–Kier alpha value is -2.45. The Labute approximate surface area is 151 Å². The van der Waals surface area contributed by atoms with Crippen LogP contribution < -0.4 is 10.9 Å². The van der Waals surface area contributed by atoms with Crippen LogP contribution in [0.1, 0.15) is 40.4 Å². The molecule has 0 atom stereocenters. The van der Waals surface area contributed by atoms with Crippen LogP contribution in [0.2, 0.25) is 0 Å². The number of amides is 1. The van der Waals surface area contributed by atoms with E-state index >= 15 is 0 Å². The third-order valence-electron chi connectivity index (χ3n) is 4.24. The normalized spacial score (nSPS) is 14.2. The van der Waals surface area contributed by atoms with Gasteiger partial charge in [0.25, 0.3) is 5.91 Å². The zero-order valence-electron chi connectivity index (χ0n) is 14.1. The van der Waals surface area contributed by atoms with E-state index in [4.69, 9.17) is 5.11 Å². The smallest absolute Gasteiger partial charge is 0.251 e. The molecule has 3 N–H and O–H groups in total. The fourth-order valence-corrected chi connectivity index (χ4v) is 3.67. The third kappa shape index (κ3) is 4.39. The van der Waals surface area contributed by atoms with Crippen LogP contribution in [0.3, 0.4) is 0 Å². The summed E-state index contributed by atoms with van der Waals surface area (Å²) < 4.78 is 23.7. The minimum atomic E-state index is -3.49. The Morgan fingerprint density at radius 1 is 1.19 bits per heavy atom. The first-order valence-corrected chi connectivity index (χ1v) is 9.99. The summed E-state index contributed by atoms with van der Waals surface area (Å²) in [4.78, 5) is 26.9. The van der Waals surface area contributed by atoms with Crippen molar-refractivity contribution in [2.75, 3.05) is 12.4 Å². The number of sulfone groups is 1. The van der Waals surface area contributed by atoms with Crippen LogP contribution in [-0.4, -0.2) is 36.8 Å². The lowest BCUT2D eigenvalue weighted by Crippen LogP contribution is -2.25. The molecular weight excluding hydrogens is 356 g/mol. The van der Waals surface area contributed by atoms with E-state index in [9.17, 15) is 18.0 Å². The van der Waals surface area contributed by atoms with Gasteiger partial charge in [-0.2, -0.15) is 0 Å². The molecule has 1 heterocycles. The molecule has 2 aromatic rings. The summed E-state index contributed by atoms with van der Waals surface area (Å²) in [7, 11) is -3.49. The van der Waals surface area contributed by atoms with Crippen LogP contribution in [0.4, 0.5) is 0 Å². The first kappa shape index (κ1) is 18.3.